The van der Waals surface area contributed by atoms with Crippen molar-refractivity contribution in [1.82, 2.24) is 9.47 Å². The minimum Gasteiger partial charge on any atom is -0.379 e. The number of morpholine rings is 1. The van der Waals surface area contributed by atoms with Crippen LogP contribution in [0, 0.1) is 5.92 Å². The van der Waals surface area contributed by atoms with E-state index in [-0.39, 0.29) is 6.04 Å². The van der Waals surface area contributed by atoms with Crippen molar-refractivity contribution in [2.75, 3.05) is 32.8 Å². The minimum absolute atomic E-state index is 0.259. The SMILES string of the molecule is NC(c1ccn(CCN2CCOCC2)c1)C1CC1. The average molecular weight is 249 g/mol. The number of rotatable bonds is 5. The van der Waals surface area contributed by atoms with Crippen LogP contribution in [0.15, 0.2) is 18.5 Å². The molecular formula is C14H23N3O. The third-order valence-electron chi connectivity index (χ3n) is 4.07. The Kier molecular flexibility index (Phi) is 3.68. The van der Waals surface area contributed by atoms with E-state index in [9.17, 15) is 0 Å². The monoisotopic (exact) mass is 249 g/mol. The zero-order valence-electron chi connectivity index (χ0n) is 10.9. The van der Waals surface area contributed by atoms with Crippen molar-refractivity contribution in [3.05, 3.63) is 24.0 Å². The van der Waals surface area contributed by atoms with Gasteiger partial charge >= 0.3 is 0 Å². The molecule has 1 aromatic heterocycles. The molecule has 0 radical (unpaired) electrons. The van der Waals surface area contributed by atoms with Crippen molar-refractivity contribution >= 4 is 0 Å². The number of hydrogen-bond acceptors (Lipinski definition) is 3. The molecule has 1 atom stereocenters. The molecule has 100 valence electrons. The van der Waals surface area contributed by atoms with E-state index in [1.807, 2.05) is 0 Å². The molecule has 2 aliphatic rings. The lowest BCUT2D eigenvalue weighted by molar-refractivity contribution is 0.0364. The number of hydrogen-bond donors (Lipinski definition) is 1. The number of ether oxygens (including phenoxy) is 1. The second-order valence-corrected chi connectivity index (χ2v) is 5.50. The van der Waals surface area contributed by atoms with Gasteiger partial charge in [-0.25, -0.2) is 0 Å². The van der Waals surface area contributed by atoms with Crippen LogP contribution in [-0.2, 0) is 11.3 Å². The number of nitrogens with two attached hydrogens (primary N) is 1. The van der Waals surface area contributed by atoms with Crippen LogP contribution in [0.3, 0.4) is 0 Å². The predicted molar refractivity (Wildman–Crippen MR) is 71.3 cm³/mol. The molecule has 18 heavy (non-hydrogen) atoms. The fourth-order valence-corrected chi connectivity index (χ4v) is 2.60. The fraction of sp³-hybridized carbons (Fsp3) is 0.714. The molecule has 1 unspecified atom stereocenters. The molecule has 1 aliphatic carbocycles. The first-order valence-electron chi connectivity index (χ1n) is 7.04. The van der Waals surface area contributed by atoms with E-state index in [0.717, 1.165) is 45.3 Å². The van der Waals surface area contributed by atoms with Gasteiger partial charge in [-0.05, 0) is 30.4 Å². The largest absolute Gasteiger partial charge is 0.379 e. The third-order valence-corrected chi connectivity index (χ3v) is 4.07. The van der Waals surface area contributed by atoms with Crippen LogP contribution >= 0.6 is 0 Å². The Hall–Kier alpha value is -0.840. The normalized spacial score (nSPS) is 23.2. The lowest BCUT2D eigenvalue weighted by atomic mass is 10.1. The van der Waals surface area contributed by atoms with E-state index in [0.29, 0.717) is 0 Å². The van der Waals surface area contributed by atoms with Crippen molar-refractivity contribution in [2.24, 2.45) is 11.7 Å². The summed E-state index contributed by atoms with van der Waals surface area (Å²) in [6.07, 6.45) is 7.00. The zero-order chi connectivity index (χ0) is 12.4. The van der Waals surface area contributed by atoms with Gasteiger partial charge in [0, 0.05) is 44.6 Å². The molecule has 0 amide bonds. The Bertz CT molecular complexity index is 380. The summed E-state index contributed by atoms with van der Waals surface area (Å²) in [4.78, 5) is 2.46. The second-order valence-electron chi connectivity index (χ2n) is 5.50. The highest BCUT2D eigenvalue weighted by atomic mass is 16.5. The van der Waals surface area contributed by atoms with E-state index >= 15 is 0 Å². The van der Waals surface area contributed by atoms with Gasteiger partial charge < -0.3 is 15.0 Å². The van der Waals surface area contributed by atoms with E-state index in [4.69, 9.17) is 10.5 Å². The molecule has 0 aromatic carbocycles. The summed E-state index contributed by atoms with van der Waals surface area (Å²) in [5.41, 5.74) is 7.52. The summed E-state index contributed by atoms with van der Waals surface area (Å²) >= 11 is 0. The van der Waals surface area contributed by atoms with Gasteiger partial charge in [0.25, 0.3) is 0 Å². The first-order chi connectivity index (χ1) is 8.83. The van der Waals surface area contributed by atoms with Gasteiger partial charge in [0.2, 0.25) is 0 Å². The standard InChI is InChI=1S/C14H23N3O/c15-14(12-1-2-12)13-3-4-17(11-13)6-5-16-7-9-18-10-8-16/h3-4,11-12,14H,1-2,5-10,15H2. The first kappa shape index (κ1) is 12.2. The fourth-order valence-electron chi connectivity index (χ4n) is 2.60. The summed E-state index contributed by atoms with van der Waals surface area (Å²) in [5, 5.41) is 0. The zero-order valence-corrected chi connectivity index (χ0v) is 10.9. The summed E-state index contributed by atoms with van der Waals surface area (Å²) in [6.45, 7) is 6.05. The predicted octanol–water partition coefficient (Wildman–Crippen LogP) is 1.23. The van der Waals surface area contributed by atoms with Crippen LogP contribution in [-0.4, -0.2) is 42.3 Å². The summed E-state index contributed by atoms with van der Waals surface area (Å²) in [5.74, 6) is 0.736. The van der Waals surface area contributed by atoms with Crippen molar-refractivity contribution < 1.29 is 4.74 Å². The molecule has 1 aromatic rings. The highest BCUT2D eigenvalue weighted by Gasteiger charge is 2.29. The number of nitrogens with zero attached hydrogens (tertiary/aromatic N) is 2. The highest BCUT2D eigenvalue weighted by Crippen LogP contribution is 2.39. The van der Waals surface area contributed by atoms with Gasteiger partial charge in [-0.3, -0.25) is 4.90 Å². The summed E-state index contributed by atoms with van der Waals surface area (Å²) < 4.78 is 7.63. The third kappa shape index (κ3) is 2.94. The number of aromatic nitrogens is 1. The van der Waals surface area contributed by atoms with Gasteiger partial charge in [-0.2, -0.15) is 0 Å². The molecule has 0 spiro atoms. The maximum atomic E-state index is 6.21. The molecule has 4 nitrogen and oxygen atoms in total. The van der Waals surface area contributed by atoms with Gasteiger partial charge in [-0.1, -0.05) is 0 Å². The smallest absolute Gasteiger partial charge is 0.0594 e. The molecule has 4 heteroatoms. The Morgan fingerprint density at radius 2 is 2.06 bits per heavy atom. The molecule has 1 aliphatic heterocycles. The van der Waals surface area contributed by atoms with Crippen LogP contribution in [0.5, 0.6) is 0 Å². The Morgan fingerprint density at radius 1 is 1.28 bits per heavy atom. The quantitative estimate of drug-likeness (QED) is 0.853. The molecular weight excluding hydrogens is 226 g/mol. The Morgan fingerprint density at radius 3 is 2.78 bits per heavy atom. The van der Waals surface area contributed by atoms with Crippen LogP contribution in [0.1, 0.15) is 24.4 Å². The molecule has 2 N–H and O–H groups in total. The first-order valence-corrected chi connectivity index (χ1v) is 7.04. The maximum absolute atomic E-state index is 6.21. The van der Waals surface area contributed by atoms with E-state index in [1.165, 1.54) is 18.4 Å². The molecule has 1 saturated heterocycles. The molecule has 3 rings (SSSR count). The van der Waals surface area contributed by atoms with Crippen molar-refractivity contribution in [2.45, 2.75) is 25.4 Å². The van der Waals surface area contributed by atoms with Crippen molar-refractivity contribution in [3.8, 4) is 0 Å². The molecule has 2 fully saturated rings. The van der Waals surface area contributed by atoms with Crippen LogP contribution in [0.2, 0.25) is 0 Å². The Labute approximate surface area is 109 Å². The maximum Gasteiger partial charge on any atom is 0.0594 e. The summed E-state index contributed by atoms with van der Waals surface area (Å²) in [7, 11) is 0. The molecule has 1 saturated carbocycles. The topological polar surface area (TPSA) is 43.4 Å². The summed E-state index contributed by atoms with van der Waals surface area (Å²) in [6, 6.07) is 2.44. The van der Waals surface area contributed by atoms with Gasteiger partial charge in [0.05, 0.1) is 13.2 Å². The highest BCUT2D eigenvalue weighted by molar-refractivity contribution is 5.17. The molecule has 2 heterocycles. The van der Waals surface area contributed by atoms with E-state index in [1.54, 1.807) is 0 Å². The lowest BCUT2D eigenvalue weighted by Gasteiger charge is -2.26. The average Bonchev–Trinajstić information content (AvgIpc) is 3.15. The van der Waals surface area contributed by atoms with E-state index in [2.05, 4.69) is 27.9 Å². The van der Waals surface area contributed by atoms with Crippen LogP contribution in [0.25, 0.3) is 0 Å². The van der Waals surface area contributed by atoms with E-state index < -0.39 is 0 Å². The van der Waals surface area contributed by atoms with Crippen LogP contribution in [0.4, 0.5) is 0 Å². The van der Waals surface area contributed by atoms with Gasteiger partial charge in [0.15, 0.2) is 0 Å². The van der Waals surface area contributed by atoms with Gasteiger partial charge in [0.1, 0.15) is 0 Å². The minimum atomic E-state index is 0.259. The van der Waals surface area contributed by atoms with Gasteiger partial charge in [-0.15, -0.1) is 0 Å². The Balaban J connectivity index is 1.50. The van der Waals surface area contributed by atoms with Crippen LogP contribution < -0.4 is 5.73 Å². The van der Waals surface area contributed by atoms with Crippen molar-refractivity contribution in [1.29, 1.82) is 0 Å². The van der Waals surface area contributed by atoms with Crippen molar-refractivity contribution in [3.63, 3.8) is 0 Å². The molecule has 0 bridgehead atoms. The second kappa shape index (κ2) is 5.43. The lowest BCUT2D eigenvalue weighted by Crippen LogP contribution is -2.38.